The number of hydrogen-bond donors (Lipinski definition) is 0. The van der Waals surface area contributed by atoms with Crippen LogP contribution < -0.4 is 51.4 Å². The zero-order valence-electron chi connectivity index (χ0n) is 9.80. The van der Waals surface area contributed by atoms with E-state index in [0.29, 0.717) is 17.4 Å². The molecule has 2 aromatic carbocycles. The summed E-state index contributed by atoms with van der Waals surface area (Å²) in [6.45, 7) is 1.83. The van der Waals surface area contributed by atoms with E-state index < -0.39 is 10.1 Å². The molecule has 0 heterocycles. The van der Waals surface area contributed by atoms with Crippen molar-refractivity contribution in [3.05, 3.63) is 42.0 Å². The molecule has 0 spiro atoms. The van der Waals surface area contributed by atoms with Crippen molar-refractivity contribution in [2.45, 2.75) is 18.2 Å². The Hall–Kier alpha value is 0.246. The molecule has 0 amide bonds. The molecule has 0 N–H and O–H groups in total. The fourth-order valence-electron chi connectivity index (χ4n) is 1.86. The normalized spacial score (nSPS) is 11.2. The molecule has 0 aliphatic heterocycles. The van der Waals surface area contributed by atoms with Gasteiger partial charge in [0.25, 0.3) is 0 Å². The molecule has 0 atom stereocenters. The van der Waals surface area contributed by atoms with Gasteiger partial charge in [-0.25, -0.2) is 8.42 Å². The quantitative estimate of drug-likeness (QED) is 0.538. The van der Waals surface area contributed by atoms with Crippen LogP contribution in [0.2, 0.25) is 0 Å². The molecular weight excluding hydrogens is 263 g/mol. The van der Waals surface area contributed by atoms with Crippen LogP contribution in [-0.4, -0.2) is 13.0 Å². The minimum absolute atomic E-state index is 0. The largest absolute Gasteiger partial charge is 1.00 e. The van der Waals surface area contributed by atoms with Crippen LogP contribution in [0.25, 0.3) is 10.8 Å². The van der Waals surface area contributed by atoms with Crippen LogP contribution in [0.5, 0.6) is 0 Å². The van der Waals surface area contributed by atoms with E-state index in [2.05, 4.69) is 0 Å². The Morgan fingerprint density at radius 1 is 1.12 bits per heavy atom. The standard InChI is InChI=1S/C12H12O3S.K/c1-2-9-7-8-10-5-3-4-6-11(10)12(9)16(13,14)15;/h3-8H,2H2,1H3,(H,13,14,15);/q;+1/p-1. The Morgan fingerprint density at radius 2 is 1.76 bits per heavy atom. The first-order valence-corrected chi connectivity index (χ1v) is 6.41. The van der Waals surface area contributed by atoms with Crippen molar-refractivity contribution in [1.82, 2.24) is 0 Å². The first-order chi connectivity index (χ1) is 7.54. The van der Waals surface area contributed by atoms with Gasteiger partial charge in [-0.15, -0.1) is 0 Å². The molecular formula is C12H11KO3S. The van der Waals surface area contributed by atoms with E-state index in [1.165, 1.54) is 0 Å². The summed E-state index contributed by atoms with van der Waals surface area (Å²) in [5.41, 5.74) is 0.578. The van der Waals surface area contributed by atoms with Gasteiger partial charge in [-0.2, -0.15) is 0 Å². The van der Waals surface area contributed by atoms with Crippen LogP contribution in [0.1, 0.15) is 12.5 Å². The van der Waals surface area contributed by atoms with Gasteiger partial charge in [0.1, 0.15) is 10.1 Å². The molecule has 17 heavy (non-hydrogen) atoms. The molecule has 0 saturated heterocycles. The Balaban J connectivity index is 0.00000144. The predicted octanol–water partition coefficient (Wildman–Crippen LogP) is -0.690. The van der Waals surface area contributed by atoms with Crippen molar-refractivity contribution in [1.29, 1.82) is 0 Å². The van der Waals surface area contributed by atoms with Crippen LogP contribution in [0.4, 0.5) is 0 Å². The van der Waals surface area contributed by atoms with E-state index in [1.807, 2.05) is 19.1 Å². The molecule has 0 radical (unpaired) electrons. The molecule has 0 fully saturated rings. The van der Waals surface area contributed by atoms with E-state index in [9.17, 15) is 13.0 Å². The van der Waals surface area contributed by atoms with Gasteiger partial charge in [-0.05, 0) is 22.8 Å². The van der Waals surface area contributed by atoms with Gasteiger partial charge in [-0.3, -0.25) is 0 Å². The predicted molar refractivity (Wildman–Crippen MR) is 61.3 cm³/mol. The smallest absolute Gasteiger partial charge is 0.744 e. The summed E-state index contributed by atoms with van der Waals surface area (Å²) in [7, 11) is -4.42. The monoisotopic (exact) mass is 274 g/mol. The molecule has 0 bridgehead atoms. The maximum atomic E-state index is 11.3. The average Bonchev–Trinajstić information content (AvgIpc) is 2.26. The van der Waals surface area contributed by atoms with Crippen molar-refractivity contribution < 1.29 is 64.4 Å². The van der Waals surface area contributed by atoms with E-state index >= 15 is 0 Å². The fourth-order valence-corrected chi connectivity index (χ4v) is 2.85. The summed E-state index contributed by atoms with van der Waals surface area (Å²) in [6, 6.07) is 10.5. The van der Waals surface area contributed by atoms with Crippen LogP contribution >= 0.6 is 0 Å². The molecule has 0 unspecified atom stereocenters. The maximum Gasteiger partial charge on any atom is 1.00 e. The first-order valence-electron chi connectivity index (χ1n) is 5.00. The molecule has 2 aromatic rings. The summed E-state index contributed by atoms with van der Waals surface area (Å²) < 4.78 is 33.8. The number of benzene rings is 2. The van der Waals surface area contributed by atoms with Gasteiger partial charge >= 0.3 is 51.4 Å². The second kappa shape index (κ2) is 5.93. The molecule has 2 rings (SSSR count). The maximum absolute atomic E-state index is 11.3. The summed E-state index contributed by atoms with van der Waals surface area (Å²) in [6.07, 6.45) is 0.529. The molecule has 0 aliphatic carbocycles. The van der Waals surface area contributed by atoms with Crippen molar-refractivity contribution in [3.8, 4) is 0 Å². The average molecular weight is 274 g/mol. The third-order valence-corrected chi connectivity index (χ3v) is 3.57. The molecule has 0 aromatic heterocycles. The fraction of sp³-hybridized carbons (Fsp3) is 0.167. The molecule has 84 valence electrons. The van der Waals surface area contributed by atoms with E-state index in [4.69, 9.17) is 0 Å². The SMILES string of the molecule is CCc1ccc2ccccc2c1S(=O)(=O)[O-].[K+]. The van der Waals surface area contributed by atoms with Crippen molar-refractivity contribution in [2.24, 2.45) is 0 Å². The third kappa shape index (κ3) is 3.17. The molecule has 3 nitrogen and oxygen atoms in total. The zero-order chi connectivity index (χ0) is 11.8. The van der Waals surface area contributed by atoms with Crippen molar-refractivity contribution in [2.75, 3.05) is 0 Å². The van der Waals surface area contributed by atoms with Gasteiger partial charge in [0.05, 0.1) is 4.90 Å². The van der Waals surface area contributed by atoms with Gasteiger partial charge < -0.3 is 4.55 Å². The van der Waals surface area contributed by atoms with Gasteiger partial charge in [-0.1, -0.05) is 43.3 Å². The summed E-state index contributed by atoms with van der Waals surface area (Å²) in [4.78, 5) is -0.0758. The topological polar surface area (TPSA) is 57.2 Å². The zero-order valence-corrected chi connectivity index (χ0v) is 13.7. The van der Waals surface area contributed by atoms with E-state index in [0.717, 1.165) is 5.39 Å². The number of fused-ring (bicyclic) bond motifs is 1. The summed E-state index contributed by atoms with van der Waals surface area (Å²) in [5.74, 6) is 0. The Bertz CT molecular complexity index is 635. The number of rotatable bonds is 2. The van der Waals surface area contributed by atoms with Crippen molar-refractivity contribution in [3.63, 3.8) is 0 Å². The van der Waals surface area contributed by atoms with Crippen LogP contribution in [0, 0.1) is 0 Å². The van der Waals surface area contributed by atoms with Crippen LogP contribution in [0.3, 0.4) is 0 Å². The minimum atomic E-state index is -4.42. The van der Waals surface area contributed by atoms with Gasteiger partial charge in [0.2, 0.25) is 0 Å². The second-order valence-electron chi connectivity index (χ2n) is 3.58. The van der Waals surface area contributed by atoms with Gasteiger partial charge in [0, 0.05) is 0 Å². The second-order valence-corrected chi connectivity index (χ2v) is 4.90. The molecule has 0 saturated carbocycles. The third-order valence-electron chi connectivity index (χ3n) is 2.59. The summed E-state index contributed by atoms with van der Waals surface area (Å²) in [5, 5.41) is 1.28. The molecule has 0 aliphatic rings. The first kappa shape index (κ1) is 15.3. The molecule has 5 heteroatoms. The van der Waals surface area contributed by atoms with E-state index in [1.54, 1.807) is 24.3 Å². The number of aryl methyl sites for hydroxylation is 1. The van der Waals surface area contributed by atoms with E-state index in [-0.39, 0.29) is 56.3 Å². The van der Waals surface area contributed by atoms with Crippen LogP contribution in [-0.2, 0) is 16.5 Å². The number of hydrogen-bond acceptors (Lipinski definition) is 3. The summed E-state index contributed by atoms with van der Waals surface area (Å²) >= 11 is 0. The minimum Gasteiger partial charge on any atom is -0.744 e. The van der Waals surface area contributed by atoms with Gasteiger partial charge in [0.15, 0.2) is 0 Å². The Kier molecular flexibility index (Phi) is 5.33. The Labute approximate surface area is 143 Å². The van der Waals surface area contributed by atoms with Crippen LogP contribution in [0.15, 0.2) is 41.3 Å². The van der Waals surface area contributed by atoms with Crippen molar-refractivity contribution >= 4 is 20.9 Å². The Morgan fingerprint density at radius 3 is 2.35 bits per heavy atom.